The van der Waals surface area contributed by atoms with Crippen molar-refractivity contribution in [1.82, 2.24) is 19.8 Å². The number of amides is 2. The summed E-state index contributed by atoms with van der Waals surface area (Å²) in [6, 6.07) is -0.136. The summed E-state index contributed by atoms with van der Waals surface area (Å²) in [7, 11) is 0. The van der Waals surface area contributed by atoms with E-state index in [2.05, 4.69) is 10.3 Å². The zero-order chi connectivity index (χ0) is 14.8. The topological polar surface area (TPSA) is 87.5 Å². The molecule has 2 aliphatic heterocycles. The molecule has 0 aromatic carbocycles. The fraction of sp³-hybridized carbons (Fsp3) is 0.643. The average molecular weight is 292 g/mol. The lowest BCUT2D eigenvalue weighted by atomic mass is 9.89. The van der Waals surface area contributed by atoms with E-state index in [-0.39, 0.29) is 24.0 Å². The van der Waals surface area contributed by atoms with Crippen molar-refractivity contribution < 1.29 is 14.7 Å². The van der Waals surface area contributed by atoms with Crippen LogP contribution < -0.4 is 5.32 Å². The maximum atomic E-state index is 12.2. The zero-order valence-corrected chi connectivity index (χ0v) is 11.8. The first-order valence-electron chi connectivity index (χ1n) is 7.41. The van der Waals surface area contributed by atoms with Crippen molar-refractivity contribution in [3.63, 3.8) is 0 Å². The van der Waals surface area contributed by atoms with Crippen molar-refractivity contribution in [1.29, 1.82) is 0 Å². The molecule has 3 rings (SSSR count). The van der Waals surface area contributed by atoms with Crippen molar-refractivity contribution in [2.24, 2.45) is 5.92 Å². The van der Waals surface area contributed by atoms with Crippen LogP contribution in [0.3, 0.4) is 0 Å². The van der Waals surface area contributed by atoms with Crippen molar-refractivity contribution in [3.8, 4) is 0 Å². The number of rotatable bonds is 5. The molecule has 3 atom stereocenters. The maximum Gasteiger partial charge on any atom is 0.317 e. The molecule has 0 saturated carbocycles. The number of nitrogens with one attached hydrogen (secondary N) is 1. The highest BCUT2D eigenvalue weighted by Crippen LogP contribution is 2.41. The molecule has 3 heterocycles. The molecular formula is C14H20N4O3. The van der Waals surface area contributed by atoms with Crippen molar-refractivity contribution >= 4 is 12.0 Å². The fourth-order valence-electron chi connectivity index (χ4n) is 3.54. The molecule has 1 aromatic rings. The van der Waals surface area contributed by atoms with Gasteiger partial charge in [0.25, 0.3) is 0 Å². The second-order valence-corrected chi connectivity index (χ2v) is 5.77. The number of nitrogens with zero attached hydrogens (tertiary/aromatic N) is 3. The molecule has 2 N–H and O–H groups in total. The molecule has 2 fully saturated rings. The Morgan fingerprint density at radius 1 is 1.38 bits per heavy atom. The molecular weight excluding hydrogens is 272 g/mol. The minimum Gasteiger partial charge on any atom is -0.481 e. The molecule has 0 spiro atoms. The van der Waals surface area contributed by atoms with Crippen molar-refractivity contribution in [3.05, 3.63) is 18.7 Å². The van der Waals surface area contributed by atoms with Crippen LogP contribution in [0.1, 0.15) is 25.7 Å². The van der Waals surface area contributed by atoms with E-state index < -0.39 is 5.97 Å². The molecule has 2 amide bonds. The first kappa shape index (κ1) is 13.9. The quantitative estimate of drug-likeness (QED) is 0.790. The molecule has 7 heteroatoms. The van der Waals surface area contributed by atoms with E-state index in [9.17, 15) is 14.7 Å². The highest BCUT2D eigenvalue weighted by Gasteiger charge is 2.51. The Morgan fingerprint density at radius 3 is 2.90 bits per heavy atom. The van der Waals surface area contributed by atoms with Crippen molar-refractivity contribution in [2.45, 2.75) is 44.3 Å². The first-order chi connectivity index (χ1) is 10.2. The van der Waals surface area contributed by atoms with Crippen LogP contribution in [0.25, 0.3) is 0 Å². The van der Waals surface area contributed by atoms with Crippen LogP contribution in [0, 0.1) is 5.92 Å². The van der Waals surface area contributed by atoms with Gasteiger partial charge in [-0.05, 0) is 25.7 Å². The van der Waals surface area contributed by atoms with E-state index in [1.807, 2.05) is 10.8 Å². The molecule has 2 saturated heterocycles. The highest BCUT2D eigenvalue weighted by molar-refractivity contribution is 5.79. The smallest absolute Gasteiger partial charge is 0.317 e. The molecule has 7 nitrogen and oxygen atoms in total. The van der Waals surface area contributed by atoms with Crippen LogP contribution in [0.5, 0.6) is 0 Å². The number of imidazole rings is 1. The summed E-state index contributed by atoms with van der Waals surface area (Å²) in [6.45, 7) is 1.40. The SMILES string of the molecule is O=C(O)C1CC2CCC1N2C(=O)NCCCn1ccnc1. The number of aromatic nitrogens is 2. The normalized spacial score (nSPS) is 27.0. The number of aryl methyl sites for hydroxylation is 1. The van der Waals surface area contributed by atoms with E-state index in [4.69, 9.17) is 0 Å². The Balaban J connectivity index is 1.46. The average Bonchev–Trinajstić information content (AvgIpc) is 3.18. The van der Waals surface area contributed by atoms with Crippen LogP contribution in [0.4, 0.5) is 4.79 Å². The predicted molar refractivity (Wildman–Crippen MR) is 74.6 cm³/mol. The van der Waals surface area contributed by atoms with Crippen LogP contribution in [-0.2, 0) is 11.3 Å². The Bertz CT molecular complexity index is 516. The van der Waals surface area contributed by atoms with E-state index in [0.717, 1.165) is 25.8 Å². The minimum absolute atomic E-state index is 0.102. The third-order valence-corrected chi connectivity index (χ3v) is 4.52. The lowest BCUT2D eigenvalue weighted by molar-refractivity contribution is -0.142. The largest absolute Gasteiger partial charge is 0.481 e. The number of urea groups is 1. The van der Waals surface area contributed by atoms with Gasteiger partial charge in [-0.1, -0.05) is 0 Å². The summed E-state index contributed by atoms with van der Waals surface area (Å²) in [5, 5.41) is 12.1. The van der Waals surface area contributed by atoms with Gasteiger partial charge in [0.1, 0.15) is 0 Å². The summed E-state index contributed by atoms with van der Waals surface area (Å²) >= 11 is 0. The van der Waals surface area contributed by atoms with E-state index in [0.29, 0.717) is 13.0 Å². The molecule has 1 aromatic heterocycles. The van der Waals surface area contributed by atoms with Gasteiger partial charge in [0, 0.05) is 37.6 Å². The number of aliphatic carboxylic acids is 1. The second kappa shape index (κ2) is 5.75. The summed E-state index contributed by atoms with van der Waals surface area (Å²) in [5.74, 6) is -1.17. The summed E-state index contributed by atoms with van der Waals surface area (Å²) in [5.41, 5.74) is 0. The molecule has 3 unspecified atom stereocenters. The summed E-state index contributed by atoms with van der Waals surface area (Å²) in [6.07, 6.45) is 8.53. The van der Waals surface area contributed by atoms with Gasteiger partial charge in [-0.2, -0.15) is 0 Å². The predicted octanol–water partition coefficient (Wildman–Crippen LogP) is 0.920. The molecule has 114 valence electrons. The number of fused-ring (bicyclic) bond motifs is 2. The molecule has 0 radical (unpaired) electrons. The Kier molecular flexibility index (Phi) is 3.81. The number of carbonyl (C=O) groups excluding carboxylic acids is 1. The first-order valence-corrected chi connectivity index (χ1v) is 7.41. The Labute approximate surface area is 122 Å². The molecule has 0 aliphatic carbocycles. The summed E-state index contributed by atoms with van der Waals surface area (Å²) in [4.78, 5) is 29.1. The van der Waals surface area contributed by atoms with Crippen LogP contribution in [0.15, 0.2) is 18.7 Å². The fourth-order valence-corrected chi connectivity index (χ4v) is 3.54. The Hall–Kier alpha value is -2.05. The van der Waals surface area contributed by atoms with Gasteiger partial charge in [0.15, 0.2) is 0 Å². The van der Waals surface area contributed by atoms with Gasteiger partial charge >= 0.3 is 12.0 Å². The lowest BCUT2D eigenvalue weighted by Crippen LogP contribution is -2.44. The van der Waals surface area contributed by atoms with Gasteiger partial charge in [0.05, 0.1) is 12.2 Å². The van der Waals surface area contributed by atoms with Crippen LogP contribution in [0.2, 0.25) is 0 Å². The standard InChI is InChI=1S/C14H20N4O3/c19-13(20)11-8-10-2-3-12(11)18(10)14(21)16-4-1-6-17-7-5-15-9-17/h5,7,9-12H,1-4,6,8H2,(H,16,21)(H,19,20). The van der Waals surface area contributed by atoms with E-state index in [1.54, 1.807) is 17.4 Å². The van der Waals surface area contributed by atoms with Gasteiger partial charge in [0.2, 0.25) is 0 Å². The molecule has 2 aliphatic rings. The third-order valence-electron chi connectivity index (χ3n) is 4.52. The van der Waals surface area contributed by atoms with Crippen LogP contribution in [-0.4, -0.2) is 50.2 Å². The van der Waals surface area contributed by atoms with Gasteiger partial charge in [-0.3, -0.25) is 4.79 Å². The van der Waals surface area contributed by atoms with E-state index in [1.165, 1.54) is 0 Å². The highest BCUT2D eigenvalue weighted by atomic mass is 16.4. The number of carboxylic acids is 1. The third kappa shape index (κ3) is 2.72. The molecule has 21 heavy (non-hydrogen) atoms. The van der Waals surface area contributed by atoms with Crippen molar-refractivity contribution in [2.75, 3.05) is 6.54 Å². The Morgan fingerprint density at radius 2 is 2.24 bits per heavy atom. The number of hydrogen-bond donors (Lipinski definition) is 2. The second-order valence-electron chi connectivity index (χ2n) is 5.77. The minimum atomic E-state index is -0.778. The lowest BCUT2D eigenvalue weighted by Gasteiger charge is -2.23. The van der Waals surface area contributed by atoms with E-state index >= 15 is 0 Å². The van der Waals surface area contributed by atoms with Gasteiger partial charge in [-0.15, -0.1) is 0 Å². The van der Waals surface area contributed by atoms with Crippen LogP contribution >= 0.6 is 0 Å². The summed E-state index contributed by atoms with van der Waals surface area (Å²) < 4.78 is 1.96. The van der Waals surface area contributed by atoms with Gasteiger partial charge < -0.3 is 19.9 Å². The maximum absolute atomic E-state index is 12.2. The monoisotopic (exact) mass is 292 g/mol. The number of carboxylic acid groups (broad SMARTS) is 1. The number of carbonyl (C=O) groups is 2. The number of hydrogen-bond acceptors (Lipinski definition) is 3. The molecule has 2 bridgehead atoms. The van der Waals surface area contributed by atoms with Gasteiger partial charge in [-0.25, -0.2) is 9.78 Å². The zero-order valence-electron chi connectivity index (χ0n) is 11.8.